The fraction of sp³-hybridized carbons (Fsp3) is 0.938. The normalized spacial score (nSPS) is 28.5. The Morgan fingerprint density at radius 3 is 2.29 bits per heavy atom. The van der Waals surface area contributed by atoms with Crippen LogP contribution >= 0.6 is 11.8 Å². The quantitative estimate of drug-likeness (QED) is 0.580. The highest BCUT2D eigenvalue weighted by atomic mass is 32.2. The van der Waals surface area contributed by atoms with E-state index in [-0.39, 0.29) is 0 Å². The summed E-state index contributed by atoms with van der Waals surface area (Å²) in [4.78, 5) is 12.3. The van der Waals surface area contributed by atoms with Gasteiger partial charge in [-0.3, -0.25) is 4.79 Å². The first kappa shape index (κ1) is 17.3. The van der Waals surface area contributed by atoms with Crippen molar-refractivity contribution in [2.24, 2.45) is 5.92 Å². The molecule has 2 aliphatic rings. The molecule has 0 N–H and O–H groups in total. The molecule has 2 heterocycles. The van der Waals surface area contributed by atoms with E-state index < -0.39 is 0 Å². The van der Waals surface area contributed by atoms with Crippen molar-refractivity contribution >= 4 is 17.5 Å². The van der Waals surface area contributed by atoms with Crippen molar-refractivity contribution in [2.75, 3.05) is 40.1 Å². The van der Waals surface area contributed by atoms with Crippen LogP contribution in [-0.2, 0) is 19.0 Å². The minimum absolute atomic E-state index is 0.295. The molecule has 5 heteroatoms. The van der Waals surface area contributed by atoms with Gasteiger partial charge < -0.3 is 14.2 Å². The first-order chi connectivity index (χ1) is 10.3. The molecule has 2 saturated heterocycles. The third-order valence-corrected chi connectivity index (χ3v) is 5.91. The standard InChI is InChI=1S/C16H28O4S/c1-18-7-8-20-10-9-19-6-5-16(17)13-11-14-3-2-4-15(12-13)21-14/h13-15H,2-12H2,1H3. The van der Waals surface area contributed by atoms with Gasteiger partial charge in [-0.15, -0.1) is 0 Å². The van der Waals surface area contributed by atoms with Crippen LogP contribution in [0.2, 0.25) is 0 Å². The zero-order valence-electron chi connectivity index (χ0n) is 13.1. The lowest BCUT2D eigenvalue weighted by Crippen LogP contribution is -2.33. The van der Waals surface area contributed by atoms with Crippen molar-refractivity contribution in [2.45, 2.75) is 49.0 Å². The number of carbonyl (C=O) groups excluding carboxylic acids is 1. The van der Waals surface area contributed by atoms with Gasteiger partial charge in [0.05, 0.1) is 33.0 Å². The van der Waals surface area contributed by atoms with Gasteiger partial charge in [0.2, 0.25) is 0 Å². The Morgan fingerprint density at radius 2 is 1.62 bits per heavy atom. The molecule has 4 nitrogen and oxygen atoms in total. The molecule has 0 aliphatic carbocycles. The van der Waals surface area contributed by atoms with Crippen LogP contribution in [0.25, 0.3) is 0 Å². The lowest BCUT2D eigenvalue weighted by atomic mass is 9.86. The number of thioether (sulfide) groups is 1. The zero-order valence-corrected chi connectivity index (χ0v) is 13.9. The maximum absolute atomic E-state index is 12.3. The second-order valence-electron chi connectivity index (χ2n) is 5.91. The summed E-state index contributed by atoms with van der Waals surface area (Å²) in [6.07, 6.45) is 6.73. The number of Topliss-reactive ketones (excluding diaryl/α,β-unsaturated/α-hetero) is 1. The minimum Gasteiger partial charge on any atom is -0.382 e. The molecular formula is C16H28O4S. The van der Waals surface area contributed by atoms with Gasteiger partial charge in [0.1, 0.15) is 5.78 Å². The highest BCUT2D eigenvalue weighted by Gasteiger charge is 2.35. The van der Waals surface area contributed by atoms with Gasteiger partial charge in [-0.05, 0) is 25.7 Å². The Bertz CT molecular complexity index is 299. The Hall–Kier alpha value is -0.100. The number of carbonyl (C=O) groups is 1. The molecule has 0 aromatic rings. The lowest BCUT2D eigenvalue weighted by Gasteiger charge is -2.37. The van der Waals surface area contributed by atoms with Crippen LogP contribution in [0, 0.1) is 5.92 Å². The summed E-state index contributed by atoms with van der Waals surface area (Å²) in [5.74, 6) is 0.704. The van der Waals surface area contributed by atoms with Crippen LogP contribution in [-0.4, -0.2) is 56.4 Å². The highest BCUT2D eigenvalue weighted by molar-refractivity contribution is 8.00. The predicted molar refractivity (Wildman–Crippen MR) is 84.9 cm³/mol. The van der Waals surface area contributed by atoms with Crippen molar-refractivity contribution in [3.63, 3.8) is 0 Å². The molecule has 0 saturated carbocycles. The van der Waals surface area contributed by atoms with E-state index in [1.165, 1.54) is 19.3 Å². The van der Waals surface area contributed by atoms with Crippen molar-refractivity contribution in [1.29, 1.82) is 0 Å². The molecule has 2 bridgehead atoms. The maximum atomic E-state index is 12.3. The SMILES string of the molecule is COCCOCCOCCC(=O)C1CC2CCCC(C1)S2. The molecule has 21 heavy (non-hydrogen) atoms. The Balaban J connectivity index is 1.51. The van der Waals surface area contributed by atoms with Crippen molar-refractivity contribution in [3.05, 3.63) is 0 Å². The molecule has 2 rings (SSSR count). The van der Waals surface area contributed by atoms with Gasteiger partial charge in [0.25, 0.3) is 0 Å². The summed E-state index contributed by atoms with van der Waals surface area (Å²) >= 11 is 2.13. The van der Waals surface area contributed by atoms with Crippen LogP contribution in [0.4, 0.5) is 0 Å². The molecule has 2 aliphatic heterocycles. The van der Waals surface area contributed by atoms with Gasteiger partial charge >= 0.3 is 0 Å². The number of hydrogen-bond donors (Lipinski definition) is 0. The van der Waals surface area contributed by atoms with Gasteiger partial charge in [0.15, 0.2) is 0 Å². The number of ketones is 1. The van der Waals surface area contributed by atoms with E-state index in [0.29, 0.717) is 51.2 Å². The third kappa shape index (κ3) is 6.27. The third-order valence-electron chi connectivity index (χ3n) is 4.28. The van der Waals surface area contributed by atoms with Crippen LogP contribution in [0.5, 0.6) is 0 Å². The maximum Gasteiger partial charge on any atom is 0.138 e. The topological polar surface area (TPSA) is 44.8 Å². The average molecular weight is 316 g/mol. The Labute approximate surface area is 132 Å². The van der Waals surface area contributed by atoms with Crippen LogP contribution in [0.15, 0.2) is 0 Å². The smallest absolute Gasteiger partial charge is 0.138 e. The van der Waals surface area contributed by atoms with Gasteiger partial charge in [0, 0.05) is 29.9 Å². The van der Waals surface area contributed by atoms with Gasteiger partial charge in [-0.1, -0.05) is 6.42 Å². The lowest BCUT2D eigenvalue weighted by molar-refractivity contribution is -0.124. The molecule has 0 radical (unpaired) electrons. The molecule has 0 amide bonds. The highest BCUT2D eigenvalue weighted by Crippen LogP contribution is 2.44. The van der Waals surface area contributed by atoms with Crippen molar-refractivity contribution < 1.29 is 19.0 Å². The molecule has 0 aromatic heterocycles. The monoisotopic (exact) mass is 316 g/mol. The number of rotatable bonds is 10. The van der Waals surface area contributed by atoms with Crippen LogP contribution in [0.1, 0.15) is 38.5 Å². The molecule has 2 unspecified atom stereocenters. The molecule has 2 fully saturated rings. The van der Waals surface area contributed by atoms with E-state index in [4.69, 9.17) is 14.2 Å². The average Bonchev–Trinajstić information content (AvgIpc) is 2.49. The van der Waals surface area contributed by atoms with E-state index in [0.717, 1.165) is 23.3 Å². The minimum atomic E-state index is 0.295. The molecule has 122 valence electrons. The molecular weight excluding hydrogens is 288 g/mol. The summed E-state index contributed by atoms with van der Waals surface area (Å²) in [6, 6.07) is 0. The number of fused-ring (bicyclic) bond motifs is 2. The van der Waals surface area contributed by atoms with E-state index >= 15 is 0 Å². The predicted octanol–water partition coefficient (Wildman–Crippen LogP) is 2.69. The number of methoxy groups -OCH3 is 1. The Kier molecular flexibility index (Phi) is 8.07. The second kappa shape index (κ2) is 9.82. The Morgan fingerprint density at radius 1 is 1.00 bits per heavy atom. The van der Waals surface area contributed by atoms with Crippen molar-refractivity contribution in [1.82, 2.24) is 0 Å². The van der Waals surface area contributed by atoms with E-state index in [1.807, 2.05) is 0 Å². The van der Waals surface area contributed by atoms with E-state index in [1.54, 1.807) is 7.11 Å². The summed E-state index contributed by atoms with van der Waals surface area (Å²) in [5, 5.41) is 1.48. The van der Waals surface area contributed by atoms with E-state index in [2.05, 4.69) is 11.8 Å². The summed E-state index contributed by atoms with van der Waals surface area (Å²) in [7, 11) is 1.66. The van der Waals surface area contributed by atoms with Gasteiger partial charge in [-0.25, -0.2) is 0 Å². The first-order valence-electron chi connectivity index (χ1n) is 8.12. The van der Waals surface area contributed by atoms with E-state index in [9.17, 15) is 4.79 Å². The second-order valence-corrected chi connectivity index (χ2v) is 7.52. The molecule has 0 spiro atoms. The van der Waals surface area contributed by atoms with Crippen molar-refractivity contribution in [3.8, 4) is 0 Å². The number of hydrogen-bond acceptors (Lipinski definition) is 5. The molecule has 2 atom stereocenters. The fourth-order valence-corrected chi connectivity index (χ4v) is 5.00. The number of ether oxygens (including phenoxy) is 3. The summed E-state index contributed by atoms with van der Waals surface area (Å²) < 4.78 is 15.7. The first-order valence-corrected chi connectivity index (χ1v) is 9.06. The van der Waals surface area contributed by atoms with Gasteiger partial charge in [-0.2, -0.15) is 11.8 Å². The zero-order chi connectivity index (χ0) is 14.9. The summed E-state index contributed by atoms with van der Waals surface area (Å²) in [5.41, 5.74) is 0. The summed E-state index contributed by atoms with van der Waals surface area (Å²) in [6.45, 7) is 2.87. The van der Waals surface area contributed by atoms with Crippen LogP contribution < -0.4 is 0 Å². The van der Waals surface area contributed by atoms with Crippen LogP contribution in [0.3, 0.4) is 0 Å². The fourth-order valence-electron chi connectivity index (χ4n) is 3.16. The largest absolute Gasteiger partial charge is 0.382 e. The molecule has 0 aromatic carbocycles.